The number of thioether (sulfide) groups is 1. The minimum atomic E-state index is -0.900. The normalized spacial score (nSPS) is 10.1. The Balaban J connectivity index is 2.68. The van der Waals surface area contributed by atoms with Crippen molar-refractivity contribution in [3.8, 4) is 0 Å². The molecule has 0 spiro atoms. The van der Waals surface area contributed by atoms with Crippen LogP contribution in [-0.2, 0) is 10.5 Å². The number of hydrogen-bond acceptors (Lipinski definition) is 4. The minimum Gasteiger partial charge on any atom is -0.481 e. The Morgan fingerprint density at radius 3 is 2.75 bits per heavy atom. The number of halogens is 1. The molecule has 0 aliphatic rings. The molecule has 0 amide bonds. The van der Waals surface area contributed by atoms with Crippen molar-refractivity contribution in [1.29, 1.82) is 0 Å². The zero-order chi connectivity index (χ0) is 12.1. The van der Waals surface area contributed by atoms with Gasteiger partial charge in [-0.3, -0.25) is 14.9 Å². The number of aliphatic carboxylic acids is 1. The Hall–Kier alpha value is -1.27. The van der Waals surface area contributed by atoms with Gasteiger partial charge in [0.05, 0.1) is 15.7 Å². The molecule has 0 bridgehead atoms. The fraction of sp³-hybridized carbons (Fsp3) is 0.222. The summed E-state index contributed by atoms with van der Waals surface area (Å²) in [4.78, 5) is 20.2. The van der Waals surface area contributed by atoms with Gasteiger partial charge >= 0.3 is 5.97 Å². The Morgan fingerprint density at radius 1 is 1.56 bits per heavy atom. The second kappa shape index (κ2) is 5.72. The van der Waals surface area contributed by atoms with Crippen LogP contribution < -0.4 is 0 Å². The molecule has 0 saturated heterocycles. The minimum absolute atomic E-state index is 0.0205. The number of nitrogens with zero attached hydrogens (tertiary/aromatic N) is 1. The van der Waals surface area contributed by atoms with Gasteiger partial charge in [-0.2, -0.15) is 0 Å². The standard InChI is InChI=1S/C9H8ClNO4S/c10-8-3-7(11(14)15)2-1-6(8)4-16-5-9(12)13/h1-3H,4-5H2,(H,12,13). The van der Waals surface area contributed by atoms with Crippen molar-refractivity contribution in [3.05, 3.63) is 38.9 Å². The van der Waals surface area contributed by atoms with E-state index in [1.165, 1.54) is 30.0 Å². The van der Waals surface area contributed by atoms with Gasteiger partial charge in [0.1, 0.15) is 0 Å². The SMILES string of the molecule is O=C(O)CSCc1ccc([N+](=O)[O-])cc1Cl. The molecule has 16 heavy (non-hydrogen) atoms. The molecule has 7 heteroatoms. The first-order valence-corrected chi connectivity index (χ1v) is 5.76. The summed E-state index contributed by atoms with van der Waals surface area (Å²) in [5.41, 5.74) is 0.621. The van der Waals surface area contributed by atoms with Crippen LogP contribution in [0.1, 0.15) is 5.56 Å². The maximum absolute atomic E-state index is 10.4. The van der Waals surface area contributed by atoms with E-state index in [0.717, 1.165) is 0 Å². The van der Waals surface area contributed by atoms with Crippen molar-refractivity contribution < 1.29 is 14.8 Å². The molecule has 0 saturated carbocycles. The van der Waals surface area contributed by atoms with E-state index < -0.39 is 10.9 Å². The van der Waals surface area contributed by atoms with Crippen LogP contribution in [0.15, 0.2) is 18.2 Å². The number of non-ortho nitro benzene ring substituents is 1. The summed E-state index contributed by atoms with van der Waals surface area (Å²) in [6, 6.07) is 4.15. The molecule has 0 unspecified atom stereocenters. The molecule has 1 aromatic rings. The average molecular weight is 262 g/mol. The topological polar surface area (TPSA) is 80.4 Å². The van der Waals surface area contributed by atoms with Gasteiger partial charge in [0.2, 0.25) is 0 Å². The van der Waals surface area contributed by atoms with Gasteiger partial charge in [-0.15, -0.1) is 11.8 Å². The molecule has 0 atom stereocenters. The van der Waals surface area contributed by atoms with Crippen LogP contribution in [0.25, 0.3) is 0 Å². The van der Waals surface area contributed by atoms with E-state index in [4.69, 9.17) is 16.7 Å². The smallest absolute Gasteiger partial charge is 0.313 e. The van der Waals surface area contributed by atoms with Crippen LogP contribution in [-0.4, -0.2) is 21.8 Å². The summed E-state index contributed by atoms with van der Waals surface area (Å²) in [6.07, 6.45) is 0. The predicted octanol–water partition coefficient (Wildman–Crippen LogP) is 2.57. The third-order valence-corrected chi connectivity index (χ3v) is 3.05. The summed E-state index contributed by atoms with van der Waals surface area (Å²) in [7, 11) is 0. The summed E-state index contributed by atoms with van der Waals surface area (Å²) < 4.78 is 0. The largest absolute Gasteiger partial charge is 0.481 e. The van der Waals surface area contributed by atoms with E-state index in [-0.39, 0.29) is 16.5 Å². The Labute approximate surface area is 101 Å². The molecule has 0 heterocycles. The first kappa shape index (κ1) is 12.8. The molecular weight excluding hydrogens is 254 g/mol. The summed E-state index contributed by atoms with van der Waals surface area (Å²) in [5.74, 6) is -0.501. The second-order valence-corrected chi connectivity index (χ2v) is 4.31. The average Bonchev–Trinajstić information content (AvgIpc) is 2.19. The Morgan fingerprint density at radius 2 is 2.25 bits per heavy atom. The molecule has 0 fully saturated rings. The quantitative estimate of drug-likeness (QED) is 0.651. The summed E-state index contributed by atoms with van der Waals surface area (Å²) in [5, 5.41) is 19.2. The third-order valence-electron chi connectivity index (χ3n) is 1.73. The molecule has 86 valence electrons. The molecule has 1 rings (SSSR count). The van der Waals surface area contributed by atoms with Gasteiger partial charge in [0, 0.05) is 17.9 Å². The maximum Gasteiger partial charge on any atom is 0.313 e. The van der Waals surface area contributed by atoms with E-state index in [1.54, 1.807) is 0 Å². The number of rotatable bonds is 5. The molecule has 0 aliphatic heterocycles. The van der Waals surface area contributed by atoms with E-state index in [1.807, 2.05) is 0 Å². The van der Waals surface area contributed by atoms with Crippen molar-refractivity contribution in [3.63, 3.8) is 0 Å². The molecule has 5 nitrogen and oxygen atoms in total. The third kappa shape index (κ3) is 3.71. The molecule has 0 aromatic heterocycles. The van der Waals surface area contributed by atoms with E-state index in [2.05, 4.69) is 0 Å². The molecule has 1 N–H and O–H groups in total. The van der Waals surface area contributed by atoms with E-state index in [0.29, 0.717) is 11.3 Å². The van der Waals surface area contributed by atoms with Gasteiger partial charge in [0.25, 0.3) is 5.69 Å². The molecular formula is C9H8ClNO4S. The lowest BCUT2D eigenvalue weighted by Crippen LogP contribution is -1.98. The maximum atomic E-state index is 10.4. The molecule has 0 radical (unpaired) electrons. The number of hydrogen-bond donors (Lipinski definition) is 1. The van der Waals surface area contributed by atoms with Crippen LogP contribution in [0.2, 0.25) is 5.02 Å². The Kier molecular flexibility index (Phi) is 4.57. The van der Waals surface area contributed by atoms with Gasteiger partial charge in [-0.25, -0.2) is 0 Å². The van der Waals surface area contributed by atoms with Crippen molar-refractivity contribution >= 4 is 35.0 Å². The van der Waals surface area contributed by atoms with Crippen LogP contribution in [0, 0.1) is 10.1 Å². The first-order chi connectivity index (χ1) is 7.50. The number of nitro groups is 1. The van der Waals surface area contributed by atoms with Crippen molar-refractivity contribution in [1.82, 2.24) is 0 Å². The van der Waals surface area contributed by atoms with Gasteiger partial charge < -0.3 is 5.11 Å². The van der Waals surface area contributed by atoms with Crippen LogP contribution in [0.5, 0.6) is 0 Å². The van der Waals surface area contributed by atoms with Crippen LogP contribution in [0.4, 0.5) is 5.69 Å². The van der Waals surface area contributed by atoms with Crippen molar-refractivity contribution in [2.24, 2.45) is 0 Å². The van der Waals surface area contributed by atoms with E-state index >= 15 is 0 Å². The highest BCUT2D eigenvalue weighted by Crippen LogP contribution is 2.25. The highest BCUT2D eigenvalue weighted by atomic mass is 35.5. The highest BCUT2D eigenvalue weighted by molar-refractivity contribution is 7.99. The lowest BCUT2D eigenvalue weighted by molar-refractivity contribution is -0.384. The fourth-order valence-corrected chi connectivity index (χ4v) is 2.08. The Bertz CT molecular complexity index is 424. The first-order valence-electron chi connectivity index (χ1n) is 4.23. The van der Waals surface area contributed by atoms with Crippen molar-refractivity contribution in [2.45, 2.75) is 5.75 Å². The predicted molar refractivity (Wildman–Crippen MR) is 61.9 cm³/mol. The lowest BCUT2D eigenvalue weighted by atomic mass is 10.2. The fourth-order valence-electron chi connectivity index (χ4n) is 1.02. The summed E-state index contributed by atoms with van der Waals surface area (Å²) in [6.45, 7) is 0. The summed E-state index contributed by atoms with van der Waals surface area (Å²) >= 11 is 7.01. The number of carboxylic acids is 1. The van der Waals surface area contributed by atoms with E-state index in [9.17, 15) is 14.9 Å². The molecule has 1 aromatic carbocycles. The monoisotopic (exact) mass is 261 g/mol. The van der Waals surface area contributed by atoms with Gasteiger partial charge in [-0.1, -0.05) is 11.6 Å². The number of nitro benzene ring substituents is 1. The van der Waals surface area contributed by atoms with Crippen LogP contribution >= 0.6 is 23.4 Å². The van der Waals surface area contributed by atoms with Gasteiger partial charge in [-0.05, 0) is 11.6 Å². The van der Waals surface area contributed by atoms with Gasteiger partial charge in [0.15, 0.2) is 0 Å². The highest BCUT2D eigenvalue weighted by Gasteiger charge is 2.09. The number of carboxylic acid groups (broad SMARTS) is 1. The second-order valence-electron chi connectivity index (χ2n) is 2.92. The number of carbonyl (C=O) groups is 1. The zero-order valence-corrected chi connectivity index (χ0v) is 9.62. The van der Waals surface area contributed by atoms with Crippen LogP contribution in [0.3, 0.4) is 0 Å². The number of benzene rings is 1. The molecule has 0 aliphatic carbocycles. The zero-order valence-electron chi connectivity index (χ0n) is 8.05. The lowest BCUT2D eigenvalue weighted by Gasteiger charge is -2.02. The van der Waals surface area contributed by atoms with Crippen molar-refractivity contribution in [2.75, 3.05) is 5.75 Å².